The Bertz CT molecular complexity index is 966. The average molecular weight is 372 g/mol. The summed E-state index contributed by atoms with van der Waals surface area (Å²) in [6, 6.07) is 8.55. The highest BCUT2D eigenvalue weighted by Gasteiger charge is 2.29. The lowest BCUT2D eigenvalue weighted by Gasteiger charge is -2.20. The van der Waals surface area contributed by atoms with Crippen molar-refractivity contribution in [2.75, 3.05) is 5.32 Å². The summed E-state index contributed by atoms with van der Waals surface area (Å²) in [5.41, 5.74) is 1.82. The van der Waals surface area contributed by atoms with Crippen LogP contribution >= 0.6 is 11.3 Å². The average Bonchev–Trinajstić information content (AvgIpc) is 3.23. The van der Waals surface area contributed by atoms with Gasteiger partial charge in [-0.15, -0.1) is 5.10 Å². The van der Waals surface area contributed by atoms with E-state index in [-0.39, 0.29) is 17.4 Å². The highest BCUT2D eigenvalue weighted by atomic mass is 32.1. The first kappa shape index (κ1) is 17.1. The Morgan fingerprint density at radius 1 is 1.31 bits per heavy atom. The summed E-state index contributed by atoms with van der Waals surface area (Å²) >= 11 is 1.41. The van der Waals surface area contributed by atoms with E-state index in [1.807, 2.05) is 12.1 Å². The second-order valence-corrected chi connectivity index (χ2v) is 7.73. The summed E-state index contributed by atoms with van der Waals surface area (Å²) in [6.07, 6.45) is 4.95. The summed E-state index contributed by atoms with van der Waals surface area (Å²) in [7, 11) is 0. The molecule has 1 aliphatic carbocycles. The molecule has 1 aliphatic rings. The summed E-state index contributed by atoms with van der Waals surface area (Å²) in [5, 5.41) is 8.60. The Labute approximate surface area is 154 Å². The van der Waals surface area contributed by atoms with Crippen molar-refractivity contribution < 1.29 is 4.39 Å². The molecule has 2 unspecified atom stereocenters. The molecule has 2 atom stereocenters. The normalized spacial score (nSPS) is 19.9. The smallest absolute Gasteiger partial charge is 0.275 e. The maximum Gasteiger partial charge on any atom is 0.275 e. The molecule has 5 nitrogen and oxygen atoms in total. The molecule has 0 aliphatic heterocycles. The number of hydrogen-bond donors (Lipinski definition) is 1. The molecule has 0 amide bonds. The Kier molecular flexibility index (Phi) is 4.72. The number of halogens is 1. The van der Waals surface area contributed by atoms with Crippen molar-refractivity contribution in [2.45, 2.75) is 51.0 Å². The van der Waals surface area contributed by atoms with Crippen LogP contribution in [0.15, 0.2) is 35.1 Å². The van der Waals surface area contributed by atoms with Gasteiger partial charge >= 0.3 is 0 Å². The van der Waals surface area contributed by atoms with Gasteiger partial charge in [-0.3, -0.25) is 4.79 Å². The third-order valence-electron chi connectivity index (χ3n) is 4.93. The molecular formula is C19H21FN4OS. The number of nitrogens with one attached hydrogen (secondary N) is 1. The van der Waals surface area contributed by atoms with Gasteiger partial charge in [0.2, 0.25) is 10.1 Å². The second kappa shape index (κ2) is 7.15. The molecule has 0 spiro atoms. The largest absolute Gasteiger partial charge is 0.357 e. The fourth-order valence-electron chi connectivity index (χ4n) is 3.70. The topological polar surface area (TPSA) is 59.3 Å². The highest BCUT2D eigenvalue weighted by molar-refractivity contribution is 7.20. The Balaban J connectivity index is 1.59. The minimum atomic E-state index is -0.212. The zero-order chi connectivity index (χ0) is 18.1. The van der Waals surface area contributed by atoms with Gasteiger partial charge in [0, 0.05) is 23.7 Å². The number of rotatable bonds is 5. The minimum Gasteiger partial charge on any atom is -0.357 e. The Morgan fingerprint density at radius 3 is 2.88 bits per heavy atom. The van der Waals surface area contributed by atoms with Crippen molar-refractivity contribution in [1.82, 2.24) is 14.6 Å². The fraction of sp³-hybridized carbons (Fsp3) is 0.421. The van der Waals surface area contributed by atoms with Crippen molar-refractivity contribution in [1.29, 1.82) is 0 Å². The zero-order valence-corrected chi connectivity index (χ0v) is 15.4. The van der Waals surface area contributed by atoms with E-state index in [9.17, 15) is 9.18 Å². The first-order valence-corrected chi connectivity index (χ1v) is 9.87. The molecule has 2 heterocycles. The molecule has 1 fully saturated rings. The van der Waals surface area contributed by atoms with Crippen molar-refractivity contribution in [2.24, 2.45) is 0 Å². The van der Waals surface area contributed by atoms with Crippen LogP contribution < -0.4 is 10.9 Å². The second-order valence-electron chi connectivity index (χ2n) is 6.78. The van der Waals surface area contributed by atoms with Crippen LogP contribution in [0, 0.1) is 5.82 Å². The van der Waals surface area contributed by atoms with Crippen LogP contribution in [0.2, 0.25) is 0 Å². The first-order chi connectivity index (χ1) is 12.6. The van der Waals surface area contributed by atoms with Gasteiger partial charge in [-0.2, -0.15) is 4.52 Å². The van der Waals surface area contributed by atoms with Crippen LogP contribution in [0.4, 0.5) is 9.52 Å². The number of aryl methyl sites for hydroxylation is 1. The van der Waals surface area contributed by atoms with E-state index < -0.39 is 0 Å². The Hall–Kier alpha value is -2.28. The van der Waals surface area contributed by atoms with Gasteiger partial charge in [0.25, 0.3) is 5.56 Å². The summed E-state index contributed by atoms with van der Waals surface area (Å²) < 4.78 is 14.6. The van der Waals surface area contributed by atoms with E-state index in [1.54, 1.807) is 6.07 Å². The minimum absolute atomic E-state index is 0.135. The lowest BCUT2D eigenvalue weighted by Crippen LogP contribution is -2.23. The molecule has 3 aromatic rings. The molecule has 2 aromatic heterocycles. The maximum absolute atomic E-state index is 13.2. The van der Waals surface area contributed by atoms with Crippen LogP contribution in [0.25, 0.3) is 4.96 Å². The summed E-state index contributed by atoms with van der Waals surface area (Å²) in [5.74, 6) is 0.110. The zero-order valence-electron chi connectivity index (χ0n) is 14.6. The molecule has 1 saturated carbocycles. The summed E-state index contributed by atoms with van der Waals surface area (Å²) in [4.78, 5) is 17.4. The number of anilines is 1. The molecule has 26 heavy (non-hydrogen) atoms. The Morgan fingerprint density at radius 2 is 2.12 bits per heavy atom. The van der Waals surface area contributed by atoms with Crippen LogP contribution in [0.1, 0.15) is 49.8 Å². The lowest BCUT2D eigenvalue weighted by atomic mass is 9.94. The summed E-state index contributed by atoms with van der Waals surface area (Å²) in [6.45, 7) is 2.07. The van der Waals surface area contributed by atoms with Gasteiger partial charge in [0.15, 0.2) is 0 Å². The van der Waals surface area contributed by atoms with Gasteiger partial charge in [0.1, 0.15) is 5.82 Å². The van der Waals surface area contributed by atoms with E-state index in [4.69, 9.17) is 0 Å². The number of benzene rings is 1. The lowest BCUT2D eigenvalue weighted by molar-refractivity contribution is 0.618. The molecule has 4 rings (SSSR count). The third kappa shape index (κ3) is 3.35. The van der Waals surface area contributed by atoms with Gasteiger partial charge in [0.05, 0.1) is 0 Å². The van der Waals surface area contributed by atoms with Crippen LogP contribution in [-0.4, -0.2) is 20.6 Å². The van der Waals surface area contributed by atoms with Crippen molar-refractivity contribution in [3.05, 3.63) is 57.8 Å². The monoisotopic (exact) mass is 372 g/mol. The molecule has 1 aromatic carbocycles. The van der Waals surface area contributed by atoms with Gasteiger partial charge in [-0.1, -0.05) is 43.2 Å². The quantitative estimate of drug-likeness (QED) is 0.736. The number of fused-ring (bicyclic) bond motifs is 1. The van der Waals surface area contributed by atoms with Crippen LogP contribution in [-0.2, 0) is 6.42 Å². The highest BCUT2D eigenvalue weighted by Crippen LogP contribution is 2.37. The van der Waals surface area contributed by atoms with Crippen LogP contribution in [0.3, 0.4) is 0 Å². The maximum atomic E-state index is 13.2. The molecule has 0 bridgehead atoms. The number of nitrogens with zero attached hydrogens (tertiary/aromatic N) is 3. The molecule has 1 N–H and O–H groups in total. The predicted octanol–water partition coefficient (Wildman–Crippen LogP) is 3.99. The van der Waals surface area contributed by atoms with E-state index in [2.05, 4.69) is 22.3 Å². The third-order valence-corrected chi connectivity index (χ3v) is 5.77. The SMILES string of the molecule is CCCc1cc(=O)n2nc(NC3CCCC3c3ccc(F)cc3)sc2n1. The number of hydrogen-bond acceptors (Lipinski definition) is 5. The van der Waals surface area contributed by atoms with E-state index in [1.165, 1.54) is 28.0 Å². The molecular weight excluding hydrogens is 351 g/mol. The van der Waals surface area contributed by atoms with E-state index in [0.29, 0.717) is 16.0 Å². The molecule has 7 heteroatoms. The fourth-order valence-corrected chi connectivity index (χ4v) is 4.59. The van der Waals surface area contributed by atoms with Crippen molar-refractivity contribution in [3.63, 3.8) is 0 Å². The predicted molar refractivity (Wildman–Crippen MR) is 102 cm³/mol. The molecule has 0 radical (unpaired) electrons. The van der Waals surface area contributed by atoms with E-state index >= 15 is 0 Å². The van der Waals surface area contributed by atoms with Gasteiger partial charge in [-0.05, 0) is 37.0 Å². The van der Waals surface area contributed by atoms with Crippen molar-refractivity contribution >= 4 is 21.4 Å². The van der Waals surface area contributed by atoms with Crippen molar-refractivity contribution in [3.8, 4) is 0 Å². The standard InChI is InChI=1S/C19H21FN4OS/c1-2-4-14-11-17(25)24-19(21-14)26-18(23-24)22-16-6-3-5-15(16)12-7-9-13(20)10-8-12/h7-11,15-16H,2-6H2,1H3,(H,22,23). The van der Waals surface area contributed by atoms with Crippen LogP contribution in [0.5, 0.6) is 0 Å². The van der Waals surface area contributed by atoms with Gasteiger partial charge < -0.3 is 5.32 Å². The first-order valence-electron chi connectivity index (χ1n) is 9.06. The van der Waals surface area contributed by atoms with E-state index in [0.717, 1.165) is 43.4 Å². The molecule has 136 valence electrons. The van der Waals surface area contributed by atoms with Gasteiger partial charge in [-0.25, -0.2) is 9.37 Å². The molecule has 0 saturated heterocycles. The number of aromatic nitrogens is 3.